The van der Waals surface area contributed by atoms with Crippen LogP contribution < -0.4 is 5.56 Å². The summed E-state index contributed by atoms with van der Waals surface area (Å²) in [6.45, 7) is 3.85. The van der Waals surface area contributed by atoms with Crippen molar-refractivity contribution in [1.82, 2.24) is 14.5 Å². The minimum atomic E-state index is -0.606. The third kappa shape index (κ3) is 2.79. The molecule has 0 amide bonds. The van der Waals surface area contributed by atoms with Gasteiger partial charge in [-0.2, -0.15) is 0 Å². The number of aromatic nitrogens is 3. The number of carbonyl (C=O) groups is 2. The Morgan fingerprint density at radius 2 is 2.07 bits per heavy atom. The van der Waals surface area contributed by atoms with Crippen LogP contribution in [0.4, 0.5) is 0 Å². The molecule has 152 valence electrons. The van der Waals surface area contributed by atoms with E-state index < -0.39 is 5.97 Å². The number of H-pyrrole nitrogens is 1. The average molecular weight is 421 g/mol. The standard InChI is InChI=1S/C22H19N3O4S/c1-11-17-20(24-16-8-5-9-25(16)21(17)27)30-19(11)22(28)29-10-15(26)18-12(2)23-14-7-4-3-6-13(14)18/h3-4,6-7,23H,5,8-10H2,1-2H3. The zero-order valence-corrected chi connectivity index (χ0v) is 17.4. The third-order valence-corrected chi connectivity index (χ3v) is 6.77. The molecule has 7 nitrogen and oxygen atoms in total. The first-order valence-electron chi connectivity index (χ1n) is 9.76. The number of aryl methyl sites for hydroxylation is 3. The Labute approximate surface area is 175 Å². The SMILES string of the molecule is Cc1[nH]c2ccccc2c1C(=O)COC(=O)c1sc2nc3n(c(=O)c2c1C)CCC3. The zero-order valence-electron chi connectivity index (χ0n) is 16.6. The number of hydrogen-bond acceptors (Lipinski definition) is 6. The number of esters is 1. The Morgan fingerprint density at radius 3 is 2.90 bits per heavy atom. The first-order chi connectivity index (χ1) is 14.5. The van der Waals surface area contributed by atoms with Crippen LogP contribution in [-0.4, -0.2) is 32.9 Å². The van der Waals surface area contributed by atoms with Gasteiger partial charge < -0.3 is 9.72 Å². The van der Waals surface area contributed by atoms with Gasteiger partial charge in [0.2, 0.25) is 5.78 Å². The van der Waals surface area contributed by atoms with Crippen molar-refractivity contribution in [2.75, 3.05) is 6.61 Å². The molecule has 0 saturated carbocycles. The summed E-state index contributed by atoms with van der Waals surface area (Å²) in [6.07, 6.45) is 1.67. The van der Waals surface area contributed by atoms with E-state index in [1.165, 1.54) is 0 Å². The van der Waals surface area contributed by atoms with Crippen LogP contribution in [0.15, 0.2) is 29.1 Å². The summed E-state index contributed by atoms with van der Waals surface area (Å²) in [5.74, 6) is -0.112. The Balaban J connectivity index is 1.42. The van der Waals surface area contributed by atoms with E-state index in [0.717, 1.165) is 46.6 Å². The van der Waals surface area contributed by atoms with Crippen LogP contribution >= 0.6 is 11.3 Å². The van der Waals surface area contributed by atoms with Gasteiger partial charge >= 0.3 is 5.97 Å². The molecular weight excluding hydrogens is 402 g/mol. The summed E-state index contributed by atoms with van der Waals surface area (Å²) in [7, 11) is 0. The molecule has 0 spiro atoms. The van der Waals surface area contributed by atoms with Crippen LogP contribution in [0, 0.1) is 13.8 Å². The lowest BCUT2D eigenvalue weighted by atomic mass is 10.1. The summed E-state index contributed by atoms with van der Waals surface area (Å²) < 4.78 is 7.02. The van der Waals surface area contributed by atoms with E-state index in [1.54, 1.807) is 11.5 Å². The van der Waals surface area contributed by atoms with Gasteiger partial charge in [0.1, 0.15) is 15.5 Å². The Kier molecular flexibility index (Phi) is 4.32. The molecule has 0 saturated heterocycles. The summed E-state index contributed by atoms with van der Waals surface area (Å²) in [5.41, 5.74) is 2.59. The second-order valence-corrected chi connectivity index (χ2v) is 8.49. The number of rotatable bonds is 4. The highest BCUT2D eigenvalue weighted by molar-refractivity contribution is 7.20. The van der Waals surface area contributed by atoms with Gasteiger partial charge in [0.15, 0.2) is 6.61 Å². The van der Waals surface area contributed by atoms with Crippen LogP contribution in [0.25, 0.3) is 21.1 Å². The Morgan fingerprint density at radius 1 is 1.27 bits per heavy atom. The van der Waals surface area contributed by atoms with Gasteiger partial charge in [0, 0.05) is 35.1 Å². The van der Waals surface area contributed by atoms with E-state index in [2.05, 4.69) is 9.97 Å². The number of Topliss-reactive ketones (excluding diaryl/α,β-unsaturated/α-hetero) is 1. The Bertz CT molecular complexity index is 1410. The van der Waals surface area contributed by atoms with Crippen molar-refractivity contribution in [3.8, 4) is 0 Å². The average Bonchev–Trinajstić information content (AvgIpc) is 3.41. The number of aromatic amines is 1. The number of thiophene rings is 1. The molecule has 0 atom stereocenters. The summed E-state index contributed by atoms with van der Waals surface area (Å²) in [6, 6.07) is 7.52. The topological polar surface area (TPSA) is 94.1 Å². The lowest BCUT2D eigenvalue weighted by molar-refractivity contribution is 0.0479. The molecular formula is C22H19N3O4S. The lowest BCUT2D eigenvalue weighted by Gasteiger charge is -2.04. The molecule has 5 rings (SSSR count). The molecule has 4 aromatic rings. The van der Waals surface area contributed by atoms with Crippen molar-refractivity contribution in [2.24, 2.45) is 0 Å². The van der Waals surface area contributed by atoms with E-state index in [4.69, 9.17) is 4.74 Å². The van der Waals surface area contributed by atoms with Crippen molar-refractivity contribution in [3.05, 3.63) is 62.1 Å². The third-order valence-electron chi connectivity index (χ3n) is 5.60. The molecule has 1 N–H and O–H groups in total. The van der Waals surface area contributed by atoms with Crippen LogP contribution in [-0.2, 0) is 17.7 Å². The van der Waals surface area contributed by atoms with Gasteiger partial charge in [-0.05, 0) is 31.9 Å². The minimum absolute atomic E-state index is 0.106. The van der Waals surface area contributed by atoms with Crippen molar-refractivity contribution >= 4 is 44.2 Å². The predicted octanol–water partition coefficient (Wildman–Crippen LogP) is 3.54. The number of para-hydroxylation sites is 1. The maximum absolute atomic E-state index is 12.8. The van der Waals surface area contributed by atoms with Crippen molar-refractivity contribution in [2.45, 2.75) is 33.2 Å². The van der Waals surface area contributed by atoms with E-state index in [-0.39, 0.29) is 17.9 Å². The summed E-state index contributed by atoms with van der Waals surface area (Å²) in [4.78, 5) is 46.9. The molecule has 0 fully saturated rings. The van der Waals surface area contributed by atoms with Gasteiger partial charge in [-0.15, -0.1) is 11.3 Å². The fourth-order valence-electron chi connectivity index (χ4n) is 4.17. The molecule has 1 aliphatic heterocycles. The molecule has 4 heterocycles. The number of fused-ring (bicyclic) bond motifs is 3. The maximum Gasteiger partial charge on any atom is 0.349 e. The monoisotopic (exact) mass is 421 g/mol. The fourth-order valence-corrected chi connectivity index (χ4v) is 5.26. The number of nitrogens with one attached hydrogen (secondary N) is 1. The second kappa shape index (κ2) is 6.91. The van der Waals surface area contributed by atoms with Crippen molar-refractivity contribution in [1.29, 1.82) is 0 Å². The van der Waals surface area contributed by atoms with Crippen LogP contribution in [0.3, 0.4) is 0 Å². The van der Waals surface area contributed by atoms with E-state index in [1.807, 2.05) is 31.2 Å². The Hall–Kier alpha value is -3.26. The van der Waals surface area contributed by atoms with Crippen molar-refractivity contribution < 1.29 is 14.3 Å². The highest BCUT2D eigenvalue weighted by Crippen LogP contribution is 2.29. The normalized spacial score (nSPS) is 13.1. The first kappa shape index (κ1) is 18.7. The maximum atomic E-state index is 12.8. The number of benzene rings is 1. The number of hydrogen-bond donors (Lipinski definition) is 1. The molecule has 0 radical (unpaired) electrons. The van der Waals surface area contributed by atoms with E-state index in [0.29, 0.717) is 32.8 Å². The lowest BCUT2D eigenvalue weighted by Crippen LogP contribution is -2.20. The molecule has 0 unspecified atom stereocenters. The van der Waals surface area contributed by atoms with Gasteiger partial charge in [-0.25, -0.2) is 9.78 Å². The highest BCUT2D eigenvalue weighted by Gasteiger charge is 2.25. The predicted molar refractivity (Wildman–Crippen MR) is 115 cm³/mol. The summed E-state index contributed by atoms with van der Waals surface area (Å²) >= 11 is 1.15. The van der Waals surface area contributed by atoms with Gasteiger partial charge in [0.05, 0.1) is 5.39 Å². The quantitative estimate of drug-likeness (QED) is 0.402. The minimum Gasteiger partial charge on any atom is -0.453 e. The molecule has 8 heteroatoms. The number of nitrogens with zero attached hydrogens (tertiary/aromatic N) is 2. The molecule has 0 aliphatic carbocycles. The second-order valence-electron chi connectivity index (χ2n) is 7.49. The zero-order chi connectivity index (χ0) is 21.0. The first-order valence-corrected chi connectivity index (χ1v) is 10.6. The number of carbonyl (C=O) groups excluding carboxylic acids is 2. The molecule has 3 aromatic heterocycles. The number of ether oxygens (including phenoxy) is 1. The van der Waals surface area contributed by atoms with Gasteiger partial charge in [-0.1, -0.05) is 18.2 Å². The van der Waals surface area contributed by atoms with Crippen LogP contribution in [0.1, 0.15) is 43.5 Å². The highest BCUT2D eigenvalue weighted by atomic mass is 32.1. The van der Waals surface area contributed by atoms with Gasteiger partial charge in [0.25, 0.3) is 5.56 Å². The smallest absolute Gasteiger partial charge is 0.349 e. The molecule has 1 aromatic carbocycles. The van der Waals surface area contributed by atoms with Crippen LogP contribution in [0.5, 0.6) is 0 Å². The summed E-state index contributed by atoms with van der Waals surface area (Å²) in [5, 5.41) is 1.28. The van der Waals surface area contributed by atoms with E-state index >= 15 is 0 Å². The van der Waals surface area contributed by atoms with Crippen LogP contribution in [0.2, 0.25) is 0 Å². The fraction of sp³-hybridized carbons (Fsp3) is 0.273. The van der Waals surface area contributed by atoms with Gasteiger partial charge in [-0.3, -0.25) is 14.2 Å². The van der Waals surface area contributed by atoms with E-state index in [9.17, 15) is 14.4 Å². The van der Waals surface area contributed by atoms with Crippen molar-refractivity contribution in [3.63, 3.8) is 0 Å². The largest absolute Gasteiger partial charge is 0.453 e. The number of ketones is 1. The molecule has 1 aliphatic rings. The molecule has 0 bridgehead atoms. The molecule has 30 heavy (non-hydrogen) atoms.